The molecule has 0 spiro atoms. The predicted molar refractivity (Wildman–Crippen MR) is 95.9 cm³/mol. The summed E-state index contributed by atoms with van der Waals surface area (Å²) < 4.78 is 5.05. The van der Waals surface area contributed by atoms with Crippen molar-refractivity contribution < 1.29 is 28.7 Å². The van der Waals surface area contributed by atoms with Crippen LogP contribution in [0, 0.1) is 0 Å². The Hall–Kier alpha value is -3.69. The Morgan fingerprint density at radius 2 is 2.04 bits per heavy atom. The van der Waals surface area contributed by atoms with E-state index in [9.17, 15) is 24.0 Å². The van der Waals surface area contributed by atoms with Crippen LogP contribution in [-0.2, 0) is 19.1 Å². The summed E-state index contributed by atoms with van der Waals surface area (Å²) in [7, 11) is 0. The van der Waals surface area contributed by atoms with Gasteiger partial charge in [-0.05, 0) is 18.6 Å². The van der Waals surface area contributed by atoms with Crippen LogP contribution in [0.4, 0.5) is 5.69 Å². The number of rotatable bonds is 7. The molecule has 2 aliphatic heterocycles. The summed E-state index contributed by atoms with van der Waals surface area (Å²) in [6.45, 7) is 3.63. The molecule has 0 radical (unpaired) electrons. The third-order valence-corrected chi connectivity index (χ3v) is 4.44. The van der Waals surface area contributed by atoms with E-state index in [4.69, 9.17) is 10.5 Å². The Morgan fingerprint density at radius 1 is 1.29 bits per heavy atom. The summed E-state index contributed by atoms with van der Waals surface area (Å²) in [5.41, 5.74) is 5.72. The van der Waals surface area contributed by atoms with Crippen LogP contribution in [0.2, 0.25) is 0 Å². The first-order chi connectivity index (χ1) is 13.3. The van der Waals surface area contributed by atoms with E-state index in [0.29, 0.717) is 5.69 Å². The molecule has 0 bridgehead atoms. The summed E-state index contributed by atoms with van der Waals surface area (Å²) in [5.74, 6) is -3.26. The SMILES string of the molecule is C=C(OCCNc1cccc2c1C(=O)N(C1CCC(=O)NC1=O)C2=O)C(N)=O. The van der Waals surface area contributed by atoms with Crippen molar-refractivity contribution in [1.29, 1.82) is 0 Å². The quantitative estimate of drug-likeness (QED) is 0.248. The lowest BCUT2D eigenvalue weighted by Gasteiger charge is -2.27. The summed E-state index contributed by atoms with van der Waals surface area (Å²) in [6.07, 6.45) is 0.137. The van der Waals surface area contributed by atoms with Gasteiger partial charge in [0.05, 0.1) is 11.1 Å². The van der Waals surface area contributed by atoms with E-state index in [2.05, 4.69) is 17.2 Å². The van der Waals surface area contributed by atoms with Crippen LogP contribution >= 0.6 is 0 Å². The molecule has 1 unspecified atom stereocenters. The Labute approximate surface area is 159 Å². The van der Waals surface area contributed by atoms with Gasteiger partial charge < -0.3 is 15.8 Å². The highest BCUT2D eigenvalue weighted by atomic mass is 16.5. The van der Waals surface area contributed by atoms with Gasteiger partial charge in [-0.3, -0.25) is 34.2 Å². The molecule has 1 aromatic rings. The smallest absolute Gasteiger partial charge is 0.283 e. The van der Waals surface area contributed by atoms with E-state index in [1.165, 1.54) is 6.07 Å². The van der Waals surface area contributed by atoms with Crippen LogP contribution in [0.15, 0.2) is 30.5 Å². The zero-order chi connectivity index (χ0) is 20.4. The molecule has 1 fully saturated rings. The first-order valence-electron chi connectivity index (χ1n) is 8.51. The molecule has 2 heterocycles. The lowest BCUT2D eigenvalue weighted by atomic mass is 10.0. The fourth-order valence-corrected chi connectivity index (χ4v) is 3.09. The van der Waals surface area contributed by atoms with Gasteiger partial charge >= 0.3 is 0 Å². The van der Waals surface area contributed by atoms with Crippen molar-refractivity contribution in [3.05, 3.63) is 41.7 Å². The molecule has 1 saturated heterocycles. The van der Waals surface area contributed by atoms with E-state index in [0.717, 1.165) is 4.90 Å². The number of nitrogens with two attached hydrogens (primary N) is 1. The van der Waals surface area contributed by atoms with Crippen molar-refractivity contribution in [2.45, 2.75) is 18.9 Å². The van der Waals surface area contributed by atoms with Gasteiger partial charge in [0.1, 0.15) is 12.6 Å². The molecule has 2 aliphatic rings. The van der Waals surface area contributed by atoms with Gasteiger partial charge in [-0.15, -0.1) is 0 Å². The van der Waals surface area contributed by atoms with Gasteiger partial charge in [-0.2, -0.15) is 0 Å². The van der Waals surface area contributed by atoms with E-state index in [1.54, 1.807) is 12.1 Å². The molecule has 1 atom stereocenters. The highest BCUT2D eigenvalue weighted by Crippen LogP contribution is 2.32. The number of ether oxygens (including phenoxy) is 1. The van der Waals surface area contributed by atoms with E-state index < -0.39 is 35.6 Å². The second-order valence-corrected chi connectivity index (χ2v) is 6.24. The average molecular weight is 386 g/mol. The zero-order valence-corrected chi connectivity index (χ0v) is 14.8. The van der Waals surface area contributed by atoms with Crippen molar-refractivity contribution in [3.8, 4) is 0 Å². The van der Waals surface area contributed by atoms with E-state index >= 15 is 0 Å². The predicted octanol–water partition coefficient (Wildman–Crippen LogP) is -0.485. The van der Waals surface area contributed by atoms with Crippen molar-refractivity contribution in [1.82, 2.24) is 10.2 Å². The minimum Gasteiger partial charge on any atom is -0.487 e. The number of hydrogen-bond donors (Lipinski definition) is 3. The van der Waals surface area contributed by atoms with Crippen LogP contribution < -0.4 is 16.4 Å². The number of imide groups is 2. The molecule has 0 aliphatic carbocycles. The number of primary amides is 1. The monoisotopic (exact) mass is 386 g/mol. The maximum atomic E-state index is 12.9. The maximum absolute atomic E-state index is 12.9. The van der Waals surface area contributed by atoms with Crippen LogP contribution in [-0.4, -0.2) is 53.6 Å². The number of piperidine rings is 1. The first-order valence-corrected chi connectivity index (χ1v) is 8.51. The van der Waals surface area contributed by atoms with Crippen molar-refractivity contribution >= 4 is 35.2 Å². The lowest BCUT2D eigenvalue weighted by molar-refractivity contribution is -0.136. The van der Waals surface area contributed by atoms with Crippen LogP contribution in [0.5, 0.6) is 0 Å². The van der Waals surface area contributed by atoms with Crippen LogP contribution in [0.1, 0.15) is 33.6 Å². The molecule has 0 saturated carbocycles. The molecule has 0 aromatic heterocycles. The third-order valence-electron chi connectivity index (χ3n) is 4.44. The molecule has 1 aromatic carbocycles. The maximum Gasteiger partial charge on any atom is 0.283 e. The fraction of sp³-hybridized carbons (Fsp3) is 0.278. The van der Waals surface area contributed by atoms with Gasteiger partial charge in [0, 0.05) is 18.7 Å². The standard InChI is InChI=1S/C18H18N4O6/c1-9(15(19)24)28-8-7-20-11-4-2-3-10-14(11)18(27)22(17(10)26)12-5-6-13(23)21-16(12)25/h2-4,12,20H,1,5-8H2,(H2,19,24)(H,21,23,25). The second-order valence-electron chi connectivity index (χ2n) is 6.24. The first kappa shape index (κ1) is 19.1. The number of amides is 5. The topological polar surface area (TPSA) is 148 Å². The lowest BCUT2D eigenvalue weighted by Crippen LogP contribution is -2.54. The molecule has 3 rings (SSSR count). The van der Waals surface area contributed by atoms with Gasteiger partial charge in [0.25, 0.3) is 17.7 Å². The van der Waals surface area contributed by atoms with E-state index in [1.807, 2.05) is 0 Å². The summed E-state index contributed by atoms with van der Waals surface area (Å²) in [5, 5.41) is 5.11. The summed E-state index contributed by atoms with van der Waals surface area (Å²) in [4.78, 5) is 60.8. The van der Waals surface area contributed by atoms with Gasteiger partial charge in [-0.25, -0.2) is 0 Å². The van der Waals surface area contributed by atoms with Gasteiger partial charge in [0.2, 0.25) is 11.8 Å². The van der Waals surface area contributed by atoms with Crippen molar-refractivity contribution in [2.75, 3.05) is 18.5 Å². The number of nitrogens with one attached hydrogen (secondary N) is 2. The zero-order valence-electron chi connectivity index (χ0n) is 14.8. The number of carbonyl (C=O) groups excluding carboxylic acids is 5. The molecule has 28 heavy (non-hydrogen) atoms. The van der Waals surface area contributed by atoms with Crippen molar-refractivity contribution in [3.63, 3.8) is 0 Å². The number of carbonyl (C=O) groups is 5. The van der Waals surface area contributed by atoms with Crippen LogP contribution in [0.3, 0.4) is 0 Å². The number of benzene rings is 1. The third kappa shape index (κ3) is 3.43. The number of nitrogens with zero attached hydrogens (tertiary/aromatic N) is 1. The normalized spacial score (nSPS) is 18.6. The Balaban J connectivity index is 1.75. The minimum absolute atomic E-state index is 0.0516. The highest BCUT2D eigenvalue weighted by Gasteiger charge is 2.45. The molecule has 5 amide bonds. The highest BCUT2D eigenvalue weighted by molar-refractivity contribution is 6.25. The largest absolute Gasteiger partial charge is 0.487 e. The van der Waals surface area contributed by atoms with Gasteiger partial charge in [0.15, 0.2) is 5.76 Å². The van der Waals surface area contributed by atoms with E-state index in [-0.39, 0.29) is 42.9 Å². The molecule has 10 heteroatoms. The van der Waals surface area contributed by atoms with Crippen LogP contribution in [0.25, 0.3) is 0 Å². The molecule has 4 N–H and O–H groups in total. The number of anilines is 1. The Bertz CT molecular complexity index is 909. The number of fused-ring (bicyclic) bond motifs is 1. The summed E-state index contributed by atoms with van der Waals surface area (Å²) in [6, 6.07) is 3.68. The van der Waals surface area contributed by atoms with Crippen molar-refractivity contribution in [2.24, 2.45) is 5.73 Å². The molecule has 10 nitrogen and oxygen atoms in total. The van der Waals surface area contributed by atoms with Gasteiger partial charge in [-0.1, -0.05) is 12.6 Å². The molecular weight excluding hydrogens is 368 g/mol. The second kappa shape index (κ2) is 7.51. The Kier molecular flexibility index (Phi) is 5.12. The fourth-order valence-electron chi connectivity index (χ4n) is 3.09. The summed E-state index contributed by atoms with van der Waals surface area (Å²) >= 11 is 0. The molecule has 146 valence electrons. The number of hydrogen-bond acceptors (Lipinski definition) is 7. The molecular formula is C18H18N4O6. The minimum atomic E-state index is -1.03. The Morgan fingerprint density at radius 3 is 2.71 bits per heavy atom. The average Bonchev–Trinajstić information content (AvgIpc) is 2.90.